The Kier molecular flexibility index (Phi) is 3.95. The molecule has 0 aliphatic rings. The van der Waals surface area contributed by atoms with Gasteiger partial charge in [-0.2, -0.15) is 0 Å². The molecule has 1 aromatic carbocycles. The number of benzene rings is 1. The van der Waals surface area contributed by atoms with Crippen LogP contribution >= 0.6 is 0 Å². The Morgan fingerprint density at radius 2 is 2.10 bits per heavy atom. The number of nitro benzene ring substituents is 1. The van der Waals surface area contributed by atoms with Crippen molar-refractivity contribution in [2.75, 3.05) is 0 Å². The molecule has 1 N–H and O–H groups in total. The molecule has 6 heteroatoms. The van der Waals surface area contributed by atoms with Crippen molar-refractivity contribution in [3.05, 3.63) is 57.9 Å². The molecular formula is C14H14N2O4. The summed E-state index contributed by atoms with van der Waals surface area (Å²) in [6.45, 7) is 3.38. The number of nitro groups is 1. The molecular weight excluding hydrogens is 260 g/mol. The van der Waals surface area contributed by atoms with Crippen LogP contribution in [0.4, 0.5) is 5.69 Å². The maximum absolute atomic E-state index is 11.0. The van der Waals surface area contributed by atoms with E-state index in [4.69, 9.17) is 4.74 Å². The summed E-state index contributed by atoms with van der Waals surface area (Å²) in [5.41, 5.74) is 1.20. The van der Waals surface area contributed by atoms with Crippen molar-refractivity contribution >= 4 is 5.69 Å². The van der Waals surface area contributed by atoms with E-state index in [1.165, 1.54) is 12.3 Å². The number of ether oxygens (including phenoxy) is 1. The maximum Gasteiger partial charge on any atom is 0.311 e. The van der Waals surface area contributed by atoms with Crippen molar-refractivity contribution in [2.24, 2.45) is 0 Å². The fourth-order valence-electron chi connectivity index (χ4n) is 1.68. The summed E-state index contributed by atoms with van der Waals surface area (Å²) in [4.78, 5) is 14.5. The monoisotopic (exact) mass is 274 g/mol. The highest BCUT2D eigenvalue weighted by molar-refractivity contribution is 5.50. The zero-order valence-corrected chi connectivity index (χ0v) is 11.1. The lowest BCUT2D eigenvalue weighted by molar-refractivity contribution is -0.385. The Bertz CT molecular complexity index is 624. The molecule has 20 heavy (non-hydrogen) atoms. The third-order valence-electron chi connectivity index (χ3n) is 2.73. The van der Waals surface area contributed by atoms with Crippen LogP contribution in [-0.4, -0.2) is 15.0 Å². The number of aliphatic hydroxyl groups excluding tert-OH is 1. The molecule has 1 heterocycles. The van der Waals surface area contributed by atoms with Crippen LogP contribution in [0.2, 0.25) is 0 Å². The van der Waals surface area contributed by atoms with Crippen molar-refractivity contribution in [2.45, 2.75) is 20.0 Å². The quantitative estimate of drug-likeness (QED) is 0.683. The topological polar surface area (TPSA) is 85.5 Å². The van der Waals surface area contributed by atoms with Crippen LogP contribution in [0.5, 0.6) is 11.5 Å². The third kappa shape index (κ3) is 3.10. The van der Waals surface area contributed by atoms with Gasteiger partial charge in [-0.15, -0.1) is 0 Å². The SMILES string of the molecule is Cc1ccc(Oc2ccc([C@@H](C)O)nc2)c([N+](=O)[O-])c1. The lowest BCUT2D eigenvalue weighted by atomic mass is 10.2. The molecule has 0 fully saturated rings. The summed E-state index contributed by atoms with van der Waals surface area (Å²) in [7, 11) is 0. The van der Waals surface area contributed by atoms with Crippen LogP contribution in [-0.2, 0) is 0 Å². The molecule has 1 aromatic heterocycles. The van der Waals surface area contributed by atoms with Gasteiger partial charge in [-0.25, -0.2) is 0 Å². The summed E-state index contributed by atoms with van der Waals surface area (Å²) in [6.07, 6.45) is 0.754. The highest BCUT2D eigenvalue weighted by atomic mass is 16.6. The highest BCUT2D eigenvalue weighted by Gasteiger charge is 2.16. The van der Waals surface area contributed by atoms with Crippen LogP contribution in [0.15, 0.2) is 36.5 Å². The predicted molar refractivity (Wildman–Crippen MR) is 72.8 cm³/mol. The van der Waals surface area contributed by atoms with E-state index >= 15 is 0 Å². The number of nitrogens with zero attached hydrogens (tertiary/aromatic N) is 2. The molecule has 0 unspecified atom stereocenters. The van der Waals surface area contributed by atoms with Gasteiger partial charge in [-0.1, -0.05) is 6.07 Å². The van der Waals surface area contributed by atoms with Gasteiger partial charge >= 0.3 is 5.69 Å². The maximum atomic E-state index is 11.0. The van der Waals surface area contributed by atoms with Gasteiger partial charge in [0.1, 0.15) is 5.75 Å². The van der Waals surface area contributed by atoms with E-state index in [-0.39, 0.29) is 11.4 Å². The van der Waals surface area contributed by atoms with E-state index < -0.39 is 11.0 Å². The predicted octanol–water partition coefficient (Wildman–Crippen LogP) is 3.14. The van der Waals surface area contributed by atoms with Gasteiger partial charge in [0.25, 0.3) is 0 Å². The molecule has 0 spiro atoms. The van der Waals surface area contributed by atoms with Gasteiger partial charge in [0.2, 0.25) is 5.75 Å². The Balaban J connectivity index is 2.28. The first-order chi connectivity index (χ1) is 9.47. The second kappa shape index (κ2) is 5.66. The summed E-state index contributed by atoms with van der Waals surface area (Å²) < 4.78 is 5.47. The Hall–Kier alpha value is -2.47. The first-order valence-corrected chi connectivity index (χ1v) is 6.04. The highest BCUT2D eigenvalue weighted by Crippen LogP contribution is 2.31. The normalized spacial score (nSPS) is 11.9. The lowest BCUT2D eigenvalue weighted by Gasteiger charge is -2.08. The fourth-order valence-corrected chi connectivity index (χ4v) is 1.68. The van der Waals surface area contributed by atoms with Crippen molar-refractivity contribution in [1.82, 2.24) is 4.98 Å². The van der Waals surface area contributed by atoms with Crippen molar-refractivity contribution in [3.8, 4) is 11.5 Å². The number of rotatable bonds is 4. The number of aryl methyl sites for hydroxylation is 1. The Labute approximate surface area is 115 Å². The Morgan fingerprint density at radius 1 is 1.35 bits per heavy atom. The van der Waals surface area contributed by atoms with Crippen molar-refractivity contribution in [3.63, 3.8) is 0 Å². The molecule has 2 aromatic rings. The largest absolute Gasteiger partial charge is 0.449 e. The minimum Gasteiger partial charge on any atom is -0.449 e. The molecule has 0 aliphatic heterocycles. The van der Waals surface area contributed by atoms with Gasteiger partial charge in [-0.05, 0) is 37.6 Å². The van der Waals surface area contributed by atoms with E-state index in [0.717, 1.165) is 5.56 Å². The number of hydrogen-bond acceptors (Lipinski definition) is 5. The number of aliphatic hydroxyl groups is 1. The van der Waals surface area contributed by atoms with Gasteiger partial charge in [0, 0.05) is 6.07 Å². The summed E-state index contributed by atoms with van der Waals surface area (Å²) >= 11 is 0. The molecule has 0 amide bonds. The lowest BCUT2D eigenvalue weighted by Crippen LogP contribution is -1.97. The van der Waals surface area contributed by atoms with Gasteiger partial charge in [0.15, 0.2) is 0 Å². The second-order valence-electron chi connectivity index (χ2n) is 4.43. The number of hydrogen-bond donors (Lipinski definition) is 1. The second-order valence-corrected chi connectivity index (χ2v) is 4.43. The fraction of sp³-hybridized carbons (Fsp3) is 0.214. The average Bonchev–Trinajstić information content (AvgIpc) is 2.41. The molecule has 2 rings (SSSR count). The van der Waals surface area contributed by atoms with Crippen LogP contribution in [0.25, 0.3) is 0 Å². The van der Waals surface area contributed by atoms with Crippen LogP contribution in [0.3, 0.4) is 0 Å². The first-order valence-electron chi connectivity index (χ1n) is 6.04. The number of aromatic nitrogens is 1. The van der Waals surface area contributed by atoms with E-state index in [9.17, 15) is 15.2 Å². The molecule has 0 saturated heterocycles. The van der Waals surface area contributed by atoms with E-state index in [2.05, 4.69) is 4.98 Å². The molecule has 0 aliphatic carbocycles. The summed E-state index contributed by atoms with van der Waals surface area (Å²) in [5.74, 6) is 0.536. The third-order valence-corrected chi connectivity index (χ3v) is 2.73. The van der Waals surface area contributed by atoms with Crippen molar-refractivity contribution < 1.29 is 14.8 Å². The molecule has 1 atom stereocenters. The molecule has 104 valence electrons. The number of pyridine rings is 1. The zero-order valence-electron chi connectivity index (χ0n) is 11.1. The minimum absolute atomic E-state index is 0.0930. The average molecular weight is 274 g/mol. The smallest absolute Gasteiger partial charge is 0.311 e. The van der Waals surface area contributed by atoms with Crippen molar-refractivity contribution in [1.29, 1.82) is 0 Å². The van der Waals surface area contributed by atoms with Crippen LogP contribution in [0.1, 0.15) is 24.3 Å². The molecule has 0 saturated carbocycles. The van der Waals surface area contributed by atoms with Gasteiger partial charge in [-0.3, -0.25) is 15.1 Å². The zero-order chi connectivity index (χ0) is 14.7. The van der Waals surface area contributed by atoms with Crippen LogP contribution < -0.4 is 4.74 Å². The van der Waals surface area contributed by atoms with E-state index in [1.807, 2.05) is 0 Å². The molecule has 6 nitrogen and oxygen atoms in total. The Morgan fingerprint density at radius 3 is 2.65 bits per heavy atom. The van der Waals surface area contributed by atoms with E-state index in [0.29, 0.717) is 11.4 Å². The van der Waals surface area contributed by atoms with Gasteiger partial charge in [0.05, 0.1) is 22.9 Å². The molecule has 0 bridgehead atoms. The molecule has 0 radical (unpaired) electrons. The summed E-state index contributed by atoms with van der Waals surface area (Å²) in [5, 5.41) is 20.3. The first kappa shape index (κ1) is 14.0. The van der Waals surface area contributed by atoms with Crippen LogP contribution in [0, 0.1) is 17.0 Å². The van der Waals surface area contributed by atoms with Gasteiger partial charge < -0.3 is 9.84 Å². The minimum atomic E-state index is -0.669. The van der Waals surface area contributed by atoms with E-state index in [1.54, 1.807) is 38.1 Å². The summed E-state index contributed by atoms with van der Waals surface area (Å²) in [6, 6.07) is 7.96. The standard InChI is InChI=1S/C14H14N2O4/c1-9-3-6-14(13(7-9)16(18)19)20-11-4-5-12(10(2)17)15-8-11/h3-8,10,17H,1-2H3/t10-/m1/s1.